The molecule has 7 heteroatoms. The van der Waals surface area contributed by atoms with Crippen LogP contribution in [0.15, 0.2) is 52.2 Å². The molecule has 23 heavy (non-hydrogen) atoms. The Morgan fingerprint density at radius 2 is 1.91 bits per heavy atom. The monoisotopic (exact) mass is 348 g/mol. The highest BCUT2D eigenvalue weighted by molar-refractivity contribution is 7.92. The van der Waals surface area contributed by atoms with Gasteiger partial charge in [0.1, 0.15) is 0 Å². The van der Waals surface area contributed by atoms with Crippen LogP contribution in [0.5, 0.6) is 0 Å². The van der Waals surface area contributed by atoms with Crippen molar-refractivity contribution in [3.05, 3.63) is 57.7 Å². The number of thiazole rings is 1. The van der Waals surface area contributed by atoms with Gasteiger partial charge in [-0.05, 0) is 36.2 Å². The molecule has 1 heterocycles. The van der Waals surface area contributed by atoms with E-state index in [4.69, 9.17) is 0 Å². The van der Waals surface area contributed by atoms with E-state index in [2.05, 4.69) is 4.72 Å². The van der Waals surface area contributed by atoms with E-state index in [1.54, 1.807) is 25.2 Å². The Kier molecular flexibility index (Phi) is 3.99. The van der Waals surface area contributed by atoms with Crippen LogP contribution in [0.3, 0.4) is 0 Å². The lowest BCUT2D eigenvalue weighted by atomic mass is 10.1. The Hall–Kier alpha value is -2.12. The van der Waals surface area contributed by atoms with Gasteiger partial charge in [-0.25, -0.2) is 8.42 Å². The molecule has 0 aliphatic heterocycles. The Labute approximate surface area is 138 Å². The van der Waals surface area contributed by atoms with Gasteiger partial charge < -0.3 is 4.57 Å². The summed E-state index contributed by atoms with van der Waals surface area (Å²) in [6.45, 7) is 1.97. The molecule has 3 rings (SSSR count). The number of hydrogen-bond donors (Lipinski definition) is 1. The molecule has 0 bridgehead atoms. The third kappa shape index (κ3) is 2.89. The molecular weight excluding hydrogens is 332 g/mol. The number of para-hydroxylation sites is 1. The third-order valence-corrected chi connectivity index (χ3v) is 6.08. The molecule has 3 aromatic rings. The van der Waals surface area contributed by atoms with Crippen molar-refractivity contribution in [2.75, 3.05) is 4.72 Å². The van der Waals surface area contributed by atoms with Gasteiger partial charge in [0.2, 0.25) is 0 Å². The lowest BCUT2D eigenvalue weighted by Gasteiger charge is -2.11. The number of nitrogens with zero attached hydrogens (tertiary/aromatic N) is 1. The minimum absolute atomic E-state index is 0.112. The van der Waals surface area contributed by atoms with E-state index < -0.39 is 10.0 Å². The largest absolute Gasteiger partial charge is 0.307 e. The first-order valence-corrected chi connectivity index (χ1v) is 9.42. The number of fused-ring (bicyclic) bond motifs is 1. The van der Waals surface area contributed by atoms with Crippen molar-refractivity contribution < 1.29 is 8.42 Å². The number of hydrogen-bond acceptors (Lipinski definition) is 4. The maximum absolute atomic E-state index is 12.6. The molecule has 0 radical (unpaired) electrons. The van der Waals surface area contributed by atoms with Crippen molar-refractivity contribution >= 4 is 37.3 Å². The van der Waals surface area contributed by atoms with Crippen molar-refractivity contribution in [3.8, 4) is 0 Å². The lowest BCUT2D eigenvalue weighted by Crippen LogP contribution is -2.14. The maximum atomic E-state index is 12.6. The molecule has 0 saturated heterocycles. The zero-order valence-corrected chi connectivity index (χ0v) is 14.4. The molecule has 0 fully saturated rings. The van der Waals surface area contributed by atoms with Crippen LogP contribution >= 0.6 is 11.3 Å². The molecular formula is C16H16N2O3S2. The number of nitrogens with one attached hydrogen (secondary N) is 1. The van der Waals surface area contributed by atoms with Crippen LogP contribution in [0.1, 0.15) is 12.5 Å². The average molecular weight is 348 g/mol. The summed E-state index contributed by atoms with van der Waals surface area (Å²) in [5.41, 5.74) is 2.24. The van der Waals surface area contributed by atoms with Crippen molar-refractivity contribution in [1.82, 2.24) is 4.57 Å². The molecule has 0 aliphatic rings. The third-order valence-electron chi connectivity index (χ3n) is 3.72. The lowest BCUT2D eigenvalue weighted by molar-refractivity contribution is 0.601. The van der Waals surface area contributed by atoms with Gasteiger partial charge in [-0.2, -0.15) is 0 Å². The summed E-state index contributed by atoms with van der Waals surface area (Å²) >= 11 is 1.04. The second-order valence-corrected chi connectivity index (χ2v) is 7.85. The summed E-state index contributed by atoms with van der Waals surface area (Å²) in [6.07, 6.45) is 0.734. The Bertz CT molecular complexity index is 1030. The van der Waals surface area contributed by atoms with Gasteiger partial charge in [0.25, 0.3) is 10.0 Å². The number of aromatic nitrogens is 1. The van der Waals surface area contributed by atoms with Crippen LogP contribution < -0.4 is 9.60 Å². The predicted octanol–water partition coefficient (Wildman–Crippen LogP) is 2.96. The van der Waals surface area contributed by atoms with E-state index >= 15 is 0 Å². The second kappa shape index (κ2) is 5.82. The number of benzene rings is 2. The first kappa shape index (κ1) is 15.8. The Morgan fingerprint density at radius 1 is 1.17 bits per heavy atom. The smallest absolute Gasteiger partial charge is 0.302 e. The van der Waals surface area contributed by atoms with Crippen molar-refractivity contribution in [2.45, 2.75) is 18.2 Å². The summed E-state index contributed by atoms with van der Waals surface area (Å²) in [6, 6.07) is 12.0. The van der Waals surface area contributed by atoms with Crippen molar-refractivity contribution in [2.24, 2.45) is 7.05 Å². The van der Waals surface area contributed by atoms with Crippen LogP contribution in [0.4, 0.5) is 5.69 Å². The summed E-state index contributed by atoms with van der Waals surface area (Å²) in [4.78, 5) is 11.7. The van der Waals surface area contributed by atoms with Crippen molar-refractivity contribution in [3.63, 3.8) is 0 Å². The van der Waals surface area contributed by atoms with E-state index in [0.29, 0.717) is 10.4 Å². The summed E-state index contributed by atoms with van der Waals surface area (Å²) in [7, 11) is -2.02. The number of rotatable bonds is 4. The van der Waals surface area contributed by atoms with E-state index in [9.17, 15) is 13.2 Å². The van der Waals surface area contributed by atoms with E-state index in [1.165, 1.54) is 16.7 Å². The molecule has 0 saturated carbocycles. The minimum Gasteiger partial charge on any atom is -0.302 e. The van der Waals surface area contributed by atoms with E-state index in [-0.39, 0.29) is 9.77 Å². The SMILES string of the molecule is CCc1ccccc1NS(=O)(=O)c1ccc2c(c1)sc(=O)n2C. The standard InChI is InChI=1S/C16H16N2O3S2/c1-3-11-6-4-5-7-13(11)17-23(20,21)12-8-9-14-15(10-12)22-16(19)18(14)2/h4-10,17H,3H2,1-2H3. The molecule has 0 atom stereocenters. The number of anilines is 1. The van der Waals surface area contributed by atoms with E-state index in [0.717, 1.165) is 28.8 Å². The fourth-order valence-electron chi connectivity index (χ4n) is 2.41. The highest BCUT2D eigenvalue weighted by Gasteiger charge is 2.17. The normalized spacial score (nSPS) is 11.7. The Balaban J connectivity index is 2.04. The van der Waals surface area contributed by atoms with Gasteiger partial charge >= 0.3 is 4.87 Å². The quantitative estimate of drug-likeness (QED) is 0.788. The fourth-order valence-corrected chi connectivity index (χ4v) is 4.53. The van der Waals surface area contributed by atoms with Gasteiger partial charge in [0, 0.05) is 7.05 Å². The second-order valence-electron chi connectivity index (χ2n) is 5.17. The first-order chi connectivity index (χ1) is 10.9. The molecule has 1 aromatic heterocycles. The molecule has 5 nitrogen and oxygen atoms in total. The fraction of sp³-hybridized carbons (Fsp3) is 0.188. The highest BCUT2D eigenvalue weighted by atomic mass is 32.2. The van der Waals surface area contributed by atoms with Crippen LogP contribution in [0.2, 0.25) is 0 Å². The summed E-state index contributed by atoms with van der Waals surface area (Å²) in [5, 5.41) is 0. The molecule has 0 spiro atoms. The molecule has 1 N–H and O–H groups in total. The van der Waals surface area contributed by atoms with Crippen LogP contribution in [0, 0.1) is 0 Å². The Morgan fingerprint density at radius 3 is 2.65 bits per heavy atom. The zero-order valence-electron chi connectivity index (χ0n) is 12.7. The van der Waals surface area contributed by atoms with Gasteiger partial charge in [-0.1, -0.05) is 36.5 Å². The van der Waals surface area contributed by atoms with Gasteiger partial charge in [0.15, 0.2) is 0 Å². The van der Waals surface area contributed by atoms with Gasteiger partial charge in [-0.3, -0.25) is 9.52 Å². The molecule has 120 valence electrons. The van der Waals surface area contributed by atoms with E-state index in [1.807, 2.05) is 19.1 Å². The average Bonchev–Trinajstić information content (AvgIpc) is 2.82. The predicted molar refractivity (Wildman–Crippen MR) is 93.7 cm³/mol. The summed E-state index contributed by atoms with van der Waals surface area (Å²) in [5.74, 6) is 0. The van der Waals surface area contributed by atoms with Crippen LogP contribution in [-0.4, -0.2) is 13.0 Å². The molecule has 0 unspecified atom stereocenters. The van der Waals surface area contributed by atoms with Crippen LogP contribution in [0.25, 0.3) is 10.2 Å². The molecule has 0 aliphatic carbocycles. The molecule has 0 amide bonds. The van der Waals surface area contributed by atoms with Crippen LogP contribution in [-0.2, 0) is 23.5 Å². The zero-order chi connectivity index (χ0) is 16.6. The highest BCUT2D eigenvalue weighted by Crippen LogP contribution is 2.24. The maximum Gasteiger partial charge on any atom is 0.307 e. The van der Waals surface area contributed by atoms with Crippen molar-refractivity contribution in [1.29, 1.82) is 0 Å². The van der Waals surface area contributed by atoms with Gasteiger partial charge in [0.05, 0.1) is 20.8 Å². The topological polar surface area (TPSA) is 68.2 Å². The van der Waals surface area contributed by atoms with Gasteiger partial charge in [-0.15, -0.1) is 0 Å². The summed E-state index contributed by atoms with van der Waals surface area (Å²) < 4.78 is 30.0. The first-order valence-electron chi connectivity index (χ1n) is 7.12. The number of sulfonamides is 1. The number of aryl methyl sites for hydroxylation is 2. The molecule has 2 aromatic carbocycles. The minimum atomic E-state index is -3.70.